The number of hydrogen-bond acceptors (Lipinski definition) is 4. The molecule has 1 rings (SSSR count). The van der Waals surface area contributed by atoms with Crippen molar-refractivity contribution >= 4 is 0 Å². The zero-order valence-corrected chi connectivity index (χ0v) is 9.19. The van der Waals surface area contributed by atoms with E-state index in [1.807, 2.05) is 0 Å². The first-order valence-electron chi connectivity index (χ1n) is 4.70. The van der Waals surface area contributed by atoms with Gasteiger partial charge in [0.1, 0.15) is 0 Å². The summed E-state index contributed by atoms with van der Waals surface area (Å²) in [5.74, 6) is 0.374. The molecule has 4 N–H and O–H groups in total. The molecule has 1 aromatic carbocycles. The molecule has 0 heterocycles. The molecule has 0 amide bonds. The van der Waals surface area contributed by atoms with Gasteiger partial charge in [-0.1, -0.05) is 6.07 Å². The maximum Gasteiger partial charge on any atom is 0.160 e. The summed E-state index contributed by atoms with van der Waals surface area (Å²) < 4.78 is 4.90. The van der Waals surface area contributed by atoms with Gasteiger partial charge in [-0.2, -0.15) is 0 Å². The van der Waals surface area contributed by atoms with E-state index in [2.05, 4.69) is 0 Å². The molecule has 1 unspecified atom stereocenters. The van der Waals surface area contributed by atoms with Crippen molar-refractivity contribution in [2.24, 2.45) is 5.73 Å². The van der Waals surface area contributed by atoms with Gasteiger partial charge < -0.3 is 20.7 Å². The van der Waals surface area contributed by atoms with Crippen molar-refractivity contribution in [3.05, 3.63) is 23.8 Å². The van der Waals surface area contributed by atoms with E-state index in [4.69, 9.17) is 10.5 Å². The standard InChI is InChI=1S/C11H17NO3/c1-11(2,12)10(14)7-4-5-9(15-3)8(13)6-7/h4-6,10,13-14H,12H2,1-3H3. The average molecular weight is 211 g/mol. The van der Waals surface area contributed by atoms with Crippen LogP contribution in [0.2, 0.25) is 0 Å². The van der Waals surface area contributed by atoms with Gasteiger partial charge >= 0.3 is 0 Å². The van der Waals surface area contributed by atoms with Gasteiger partial charge in [-0.05, 0) is 31.5 Å². The zero-order chi connectivity index (χ0) is 11.6. The summed E-state index contributed by atoms with van der Waals surface area (Å²) in [6, 6.07) is 4.73. The number of aliphatic hydroxyl groups is 1. The number of hydrogen-bond donors (Lipinski definition) is 3. The van der Waals surface area contributed by atoms with E-state index in [0.717, 1.165) is 0 Å². The van der Waals surface area contributed by atoms with Crippen LogP contribution in [0, 0.1) is 0 Å². The van der Waals surface area contributed by atoms with Crippen molar-refractivity contribution in [1.82, 2.24) is 0 Å². The highest BCUT2D eigenvalue weighted by Gasteiger charge is 2.24. The second-order valence-electron chi connectivity index (χ2n) is 4.16. The highest BCUT2D eigenvalue weighted by atomic mass is 16.5. The maximum atomic E-state index is 9.87. The van der Waals surface area contributed by atoms with Crippen LogP contribution in [0.4, 0.5) is 0 Å². The van der Waals surface area contributed by atoms with Crippen molar-refractivity contribution in [3.63, 3.8) is 0 Å². The van der Waals surface area contributed by atoms with Gasteiger partial charge in [0.2, 0.25) is 0 Å². The minimum atomic E-state index is -0.825. The first kappa shape index (κ1) is 11.8. The van der Waals surface area contributed by atoms with Crippen molar-refractivity contribution in [3.8, 4) is 11.5 Å². The summed E-state index contributed by atoms with van der Waals surface area (Å²) in [5, 5.41) is 19.4. The van der Waals surface area contributed by atoms with Gasteiger partial charge in [0.15, 0.2) is 11.5 Å². The Labute approximate surface area is 89.3 Å². The van der Waals surface area contributed by atoms with Gasteiger partial charge in [0.05, 0.1) is 13.2 Å². The Morgan fingerprint density at radius 1 is 1.40 bits per heavy atom. The van der Waals surface area contributed by atoms with Crippen LogP contribution in [-0.2, 0) is 0 Å². The fourth-order valence-corrected chi connectivity index (χ4v) is 1.31. The van der Waals surface area contributed by atoms with E-state index in [-0.39, 0.29) is 5.75 Å². The number of aromatic hydroxyl groups is 1. The van der Waals surface area contributed by atoms with E-state index in [0.29, 0.717) is 11.3 Å². The zero-order valence-electron chi connectivity index (χ0n) is 9.19. The minimum Gasteiger partial charge on any atom is -0.504 e. The Kier molecular flexibility index (Phi) is 3.21. The number of methoxy groups -OCH3 is 1. The Morgan fingerprint density at radius 3 is 2.40 bits per heavy atom. The van der Waals surface area contributed by atoms with Gasteiger partial charge in [-0.25, -0.2) is 0 Å². The Morgan fingerprint density at radius 2 is 2.00 bits per heavy atom. The van der Waals surface area contributed by atoms with E-state index >= 15 is 0 Å². The van der Waals surface area contributed by atoms with Crippen LogP contribution in [-0.4, -0.2) is 22.9 Å². The molecular weight excluding hydrogens is 194 g/mol. The van der Waals surface area contributed by atoms with E-state index < -0.39 is 11.6 Å². The summed E-state index contributed by atoms with van der Waals surface area (Å²) in [4.78, 5) is 0. The molecule has 84 valence electrons. The normalized spacial score (nSPS) is 13.7. The summed E-state index contributed by atoms with van der Waals surface area (Å²) >= 11 is 0. The third-order valence-corrected chi connectivity index (χ3v) is 2.22. The third-order valence-electron chi connectivity index (χ3n) is 2.22. The van der Waals surface area contributed by atoms with Crippen LogP contribution in [0.25, 0.3) is 0 Å². The predicted molar refractivity (Wildman–Crippen MR) is 57.9 cm³/mol. The van der Waals surface area contributed by atoms with Crippen LogP contribution in [0.3, 0.4) is 0 Å². The third kappa shape index (κ3) is 2.61. The number of nitrogens with two attached hydrogens (primary N) is 1. The lowest BCUT2D eigenvalue weighted by Gasteiger charge is -2.26. The van der Waals surface area contributed by atoms with Crippen molar-refractivity contribution in [2.75, 3.05) is 7.11 Å². The van der Waals surface area contributed by atoms with Crippen LogP contribution in [0.1, 0.15) is 25.5 Å². The molecule has 0 aliphatic rings. The van der Waals surface area contributed by atoms with E-state index in [1.165, 1.54) is 13.2 Å². The average Bonchev–Trinajstić information content (AvgIpc) is 2.15. The lowest BCUT2D eigenvalue weighted by Crippen LogP contribution is -2.39. The van der Waals surface area contributed by atoms with E-state index in [1.54, 1.807) is 26.0 Å². The maximum absolute atomic E-state index is 9.87. The molecule has 0 saturated heterocycles. The molecule has 0 aromatic heterocycles. The number of benzene rings is 1. The molecule has 0 saturated carbocycles. The molecule has 15 heavy (non-hydrogen) atoms. The number of phenols is 1. The first-order chi connectivity index (χ1) is 6.86. The largest absolute Gasteiger partial charge is 0.504 e. The topological polar surface area (TPSA) is 75.7 Å². The fourth-order valence-electron chi connectivity index (χ4n) is 1.31. The van der Waals surface area contributed by atoms with Crippen molar-refractivity contribution in [2.45, 2.75) is 25.5 Å². The van der Waals surface area contributed by atoms with Crippen molar-refractivity contribution < 1.29 is 14.9 Å². The molecule has 1 aromatic rings. The Bertz CT molecular complexity index is 344. The lowest BCUT2D eigenvalue weighted by atomic mass is 9.92. The van der Waals surface area contributed by atoms with Gasteiger partial charge in [0.25, 0.3) is 0 Å². The van der Waals surface area contributed by atoms with Crippen molar-refractivity contribution in [1.29, 1.82) is 0 Å². The summed E-state index contributed by atoms with van der Waals surface area (Å²) in [7, 11) is 1.47. The highest BCUT2D eigenvalue weighted by Crippen LogP contribution is 2.31. The molecule has 0 fully saturated rings. The molecule has 0 spiro atoms. The van der Waals surface area contributed by atoms with Crippen LogP contribution in [0.5, 0.6) is 11.5 Å². The fraction of sp³-hybridized carbons (Fsp3) is 0.455. The molecule has 0 aliphatic carbocycles. The molecule has 4 nitrogen and oxygen atoms in total. The second kappa shape index (κ2) is 4.08. The molecule has 1 atom stereocenters. The minimum absolute atomic E-state index is 0.00157. The quantitative estimate of drug-likeness (QED) is 0.701. The SMILES string of the molecule is COc1ccc(C(O)C(C)(C)N)cc1O. The second-order valence-corrected chi connectivity index (χ2v) is 4.16. The summed E-state index contributed by atoms with van der Waals surface area (Å²) in [6.07, 6.45) is -0.825. The number of phenolic OH excluding ortho intramolecular Hbond substituents is 1. The van der Waals surface area contributed by atoms with Gasteiger partial charge in [-0.15, -0.1) is 0 Å². The van der Waals surface area contributed by atoms with Crippen LogP contribution in [0.15, 0.2) is 18.2 Å². The first-order valence-corrected chi connectivity index (χ1v) is 4.70. The lowest BCUT2D eigenvalue weighted by molar-refractivity contribution is 0.104. The number of ether oxygens (including phenoxy) is 1. The van der Waals surface area contributed by atoms with Gasteiger partial charge in [-0.3, -0.25) is 0 Å². The smallest absolute Gasteiger partial charge is 0.160 e. The molecule has 0 radical (unpaired) electrons. The highest BCUT2D eigenvalue weighted by molar-refractivity contribution is 5.42. The molecule has 0 bridgehead atoms. The van der Waals surface area contributed by atoms with Crippen LogP contribution < -0.4 is 10.5 Å². The summed E-state index contributed by atoms with van der Waals surface area (Å²) in [6.45, 7) is 3.44. The van der Waals surface area contributed by atoms with E-state index in [9.17, 15) is 10.2 Å². The monoisotopic (exact) mass is 211 g/mol. The van der Waals surface area contributed by atoms with Crippen LogP contribution >= 0.6 is 0 Å². The van der Waals surface area contributed by atoms with Gasteiger partial charge in [0, 0.05) is 5.54 Å². The Hall–Kier alpha value is -1.26. The Balaban J connectivity index is 3.02. The summed E-state index contributed by atoms with van der Waals surface area (Å²) in [5.41, 5.74) is 5.59. The molecular formula is C11H17NO3. The molecule has 4 heteroatoms. The molecule has 0 aliphatic heterocycles. The predicted octanol–water partition coefficient (Wildman–Crippen LogP) is 1.17. The number of aliphatic hydroxyl groups excluding tert-OH is 1. The number of rotatable bonds is 3.